The van der Waals surface area contributed by atoms with Crippen LogP contribution >= 0.6 is 15.9 Å². The van der Waals surface area contributed by atoms with Gasteiger partial charge in [-0.3, -0.25) is 4.79 Å². The number of likely N-dealkylation sites (N-methyl/N-ethyl adjacent to an activating group) is 1. The number of carbonyl (C=O) groups is 1. The van der Waals surface area contributed by atoms with Gasteiger partial charge in [-0.2, -0.15) is 0 Å². The standard InChI is InChI=1S/C17H23BrN2O3/c1-5-20(6-2)8-7-19-17(21)16-11(3)23-14-10-13(18)15(22-4)9-12(14)16/h9-10H,5-8H2,1-4H3,(H,19,21)/p+1. The molecule has 0 saturated heterocycles. The normalized spacial score (nSPS) is 11.2. The number of amides is 1. The Morgan fingerprint density at radius 3 is 2.65 bits per heavy atom. The molecule has 2 aromatic rings. The Morgan fingerprint density at radius 1 is 1.35 bits per heavy atom. The molecule has 1 aromatic carbocycles. The van der Waals surface area contributed by atoms with Gasteiger partial charge in [-0.05, 0) is 48.8 Å². The SMILES string of the molecule is CC[NH+](CC)CCNC(=O)c1c(C)oc2cc(Br)c(OC)cc12. The maximum atomic E-state index is 12.6. The number of fused-ring (bicyclic) bond motifs is 1. The lowest BCUT2D eigenvalue weighted by molar-refractivity contribution is -0.895. The zero-order valence-electron chi connectivity index (χ0n) is 14.1. The lowest BCUT2D eigenvalue weighted by atomic mass is 10.1. The fourth-order valence-electron chi connectivity index (χ4n) is 2.70. The summed E-state index contributed by atoms with van der Waals surface area (Å²) < 4.78 is 11.8. The molecule has 2 rings (SSSR count). The quantitative estimate of drug-likeness (QED) is 0.770. The van der Waals surface area contributed by atoms with Crippen LogP contribution in [0.2, 0.25) is 0 Å². The number of methoxy groups -OCH3 is 1. The summed E-state index contributed by atoms with van der Waals surface area (Å²) in [7, 11) is 1.60. The third-order valence-corrected chi connectivity index (χ3v) is 4.75. The first-order valence-corrected chi connectivity index (χ1v) is 8.69. The van der Waals surface area contributed by atoms with Gasteiger partial charge in [0.05, 0.1) is 43.3 Å². The molecule has 5 nitrogen and oxygen atoms in total. The highest BCUT2D eigenvalue weighted by molar-refractivity contribution is 9.10. The van der Waals surface area contributed by atoms with E-state index in [0.717, 1.165) is 29.5 Å². The number of hydrogen-bond acceptors (Lipinski definition) is 3. The first-order chi connectivity index (χ1) is 11.0. The number of benzene rings is 1. The second-order valence-corrected chi connectivity index (χ2v) is 6.33. The molecule has 1 aromatic heterocycles. The number of quaternary nitrogens is 1. The predicted octanol–water partition coefficient (Wildman–Crippen LogP) is 2.17. The number of halogens is 1. The Bertz CT molecular complexity index is 693. The molecular weight excluding hydrogens is 360 g/mol. The monoisotopic (exact) mass is 383 g/mol. The molecule has 23 heavy (non-hydrogen) atoms. The lowest BCUT2D eigenvalue weighted by Gasteiger charge is -2.15. The number of aryl methyl sites for hydroxylation is 1. The minimum Gasteiger partial charge on any atom is -0.496 e. The van der Waals surface area contributed by atoms with Gasteiger partial charge >= 0.3 is 0 Å². The van der Waals surface area contributed by atoms with Crippen molar-refractivity contribution >= 4 is 32.8 Å². The zero-order valence-corrected chi connectivity index (χ0v) is 15.7. The maximum Gasteiger partial charge on any atom is 0.255 e. The molecule has 0 fully saturated rings. The van der Waals surface area contributed by atoms with Gasteiger partial charge in [0.25, 0.3) is 5.91 Å². The van der Waals surface area contributed by atoms with Gasteiger partial charge in [-0.15, -0.1) is 0 Å². The lowest BCUT2D eigenvalue weighted by Crippen LogP contribution is -3.12. The van der Waals surface area contributed by atoms with Crippen molar-refractivity contribution in [1.29, 1.82) is 0 Å². The number of hydrogen-bond donors (Lipinski definition) is 2. The minimum absolute atomic E-state index is 0.0998. The van der Waals surface area contributed by atoms with E-state index < -0.39 is 0 Å². The van der Waals surface area contributed by atoms with E-state index in [-0.39, 0.29) is 5.91 Å². The van der Waals surface area contributed by atoms with Crippen molar-refractivity contribution in [3.8, 4) is 5.75 Å². The molecule has 0 aliphatic carbocycles. The molecule has 0 saturated carbocycles. The molecule has 6 heteroatoms. The van der Waals surface area contributed by atoms with Crippen molar-refractivity contribution in [2.24, 2.45) is 0 Å². The van der Waals surface area contributed by atoms with Gasteiger partial charge < -0.3 is 19.4 Å². The molecular formula is C17H24BrN2O3+. The van der Waals surface area contributed by atoms with Crippen molar-refractivity contribution in [2.75, 3.05) is 33.3 Å². The van der Waals surface area contributed by atoms with Crippen molar-refractivity contribution in [3.05, 3.63) is 27.9 Å². The topological polar surface area (TPSA) is 55.9 Å². The summed E-state index contributed by atoms with van der Waals surface area (Å²) in [6.45, 7) is 9.80. The first-order valence-electron chi connectivity index (χ1n) is 7.90. The summed E-state index contributed by atoms with van der Waals surface area (Å²) in [5.41, 5.74) is 1.26. The number of ether oxygens (including phenoxy) is 1. The number of furan rings is 1. The van der Waals surface area contributed by atoms with Gasteiger partial charge in [0.1, 0.15) is 17.1 Å². The van der Waals surface area contributed by atoms with E-state index >= 15 is 0 Å². The molecule has 0 radical (unpaired) electrons. The van der Waals surface area contributed by atoms with E-state index in [1.165, 1.54) is 4.90 Å². The smallest absolute Gasteiger partial charge is 0.255 e. The van der Waals surface area contributed by atoms with E-state index in [4.69, 9.17) is 9.15 Å². The van der Waals surface area contributed by atoms with Gasteiger partial charge in [0, 0.05) is 5.39 Å². The van der Waals surface area contributed by atoms with Gasteiger partial charge in [-0.1, -0.05) is 0 Å². The van der Waals surface area contributed by atoms with Crippen molar-refractivity contribution in [2.45, 2.75) is 20.8 Å². The summed E-state index contributed by atoms with van der Waals surface area (Å²) in [5.74, 6) is 1.20. The Hall–Kier alpha value is -1.53. The first kappa shape index (κ1) is 17.8. The highest BCUT2D eigenvalue weighted by Crippen LogP contribution is 2.34. The molecule has 126 valence electrons. The highest BCUT2D eigenvalue weighted by atomic mass is 79.9. The molecule has 2 N–H and O–H groups in total. The summed E-state index contributed by atoms with van der Waals surface area (Å²) in [5, 5.41) is 3.77. The van der Waals surface area contributed by atoms with Crippen LogP contribution in [0.3, 0.4) is 0 Å². The molecule has 0 aliphatic heterocycles. The molecule has 0 unspecified atom stereocenters. The van der Waals surface area contributed by atoms with Gasteiger partial charge in [-0.25, -0.2) is 0 Å². The Morgan fingerprint density at radius 2 is 2.04 bits per heavy atom. The average Bonchev–Trinajstić information content (AvgIpc) is 2.85. The Balaban J connectivity index is 2.21. The summed E-state index contributed by atoms with van der Waals surface area (Å²) in [6, 6.07) is 3.67. The number of rotatable bonds is 7. The van der Waals surface area contributed by atoms with Crippen LogP contribution < -0.4 is 15.0 Å². The third-order valence-electron chi connectivity index (χ3n) is 4.13. The molecule has 1 heterocycles. The van der Waals surface area contributed by atoms with E-state index in [1.54, 1.807) is 7.11 Å². The number of nitrogens with one attached hydrogen (secondary N) is 2. The molecule has 0 spiro atoms. The summed E-state index contributed by atoms with van der Waals surface area (Å²) in [6.07, 6.45) is 0. The minimum atomic E-state index is -0.0998. The highest BCUT2D eigenvalue weighted by Gasteiger charge is 2.20. The predicted molar refractivity (Wildman–Crippen MR) is 94.4 cm³/mol. The van der Waals surface area contributed by atoms with Gasteiger partial charge in [0.2, 0.25) is 0 Å². The number of carbonyl (C=O) groups excluding carboxylic acids is 1. The van der Waals surface area contributed by atoms with Crippen molar-refractivity contribution in [1.82, 2.24) is 5.32 Å². The van der Waals surface area contributed by atoms with Crippen LogP contribution in [0.25, 0.3) is 11.0 Å². The fraction of sp³-hybridized carbons (Fsp3) is 0.471. The van der Waals surface area contributed by atoms with E-state index in [1.807, 2.05) is 19.1 Å². The summed E-state index contributed by atoms with van der Waals surface area (Å²) in [4.78, 5) is 14.0. The third kappa shape index (κ3) is 3.87. The molecule has 0 bridgehead atoms. The Labute approximate surface area is 145 Å². The fourth-order valence-corrected chi connectivity index (χ4v) is 3.19. The second kappa shape index (κ2) is 7.84. The second-order valence-electron chi connectivity index (χ2n) is 5.48. The van der Waals surface area contributed by atoms with E-state index in [0.29, 0.717) is 29.2 Å². The van der Waals surface area contributed by atoms with Crippen LogP contribution in [0.5, 0.6) is 5.75 Å². The largest absolute Gasteiger partial charge is 0.496 e. The Kier molecular flexibility index (Phi) is 6.07. The molecule has 1 amide bonds. The van der Waals surface area contributed by atoms with Crippen LogP contribution in [0.1, 0.15) is 30.0 Å². The van der Waals surface area contributed by atoms with Crippen molar-refractivity contribution in [3.63, 3.8) is 0 Å². The van der Waals surface area contributed by atoms with Crippen molar-refractivity contribution < 1.29 is 18.8 Å². The van der Waals surface area contributed by atoms with Crippen LogP contribution in [-0.2, 0) is 0 Å². The zero-order chi connectivity index (χ0) is 17.0. The van der Waals surface area contributed by atoms with Crippen LogP contribution in [0.15, 0.2) is 21.0 Å². The average molecular weight is 384 g/mol. The van der Waals surface area contributed by atoms with E-state index in [2.05, 4.69) is 35.1 Å². The van der Waals surface area contributed by atoms with Gasteiger partial charge in [0.15, 0.2) is 0 Å². The molecule has 0 atom stereocenters. The van der Waals surface area contributed by atoms with Crippen LogP contribution in [0, 0.1) is 6.92 Å². The molecule has 0 aliphatic rings. The van der Waals surface area contributed by atoms with E-state index in [9.17, 15) is 4.79 Å². The van der Waals surface area contributed by atoms with Crippen LogP contribution in [-0.4, -0.2) is 39.2 Å². The maximum absolute atomic E-state index is 12.6. The van der Waals surface area contributed by atoms with Crippen LogP contribution in [0.4, 0.5) is 0 Å². The summed E-state index contributed by atoms with van der Waals surface area (Å²) >= 11 is 3.43.